The first kappa shape index (κ1) is 15.0. The fraction of sp³-hybridized carbons (Fsp3) is 0.312. The molecule has 0 aliphatic rings. The maximum atomic E-state index is 11.7. The monoisotopic (exact) mass is 285 g/mol. The molecule has 0 spiro atoms. The number of nitrogens with zero attached hydrogens (tertiary/aromatic N) is 2. The van der Waals surface area contributed by atoms with Crippen LogP contribution in [0.5, 0.6) is 5.75 Å². The van der Waals surface area contributed by atoms with E-state index < -0.39 is 0 Å². The number of ether oxygens (including phenoxy) is 1. The molecule has 1 amide bonds. The second-order valence-corrected chi connectivity index (χ2v) is 4.75. The summed E-state index contributed by atoms with van der Waals surface area (Å²) in [6.07, 6.45) is 4.25. The van der Waals surface area contributed by atoms with Gasteiger partial charge in [0.05, 0.1) is 18.8 Å². The van der Waals surface area contributed by atoms with Gasteiger partial charge in [0.15, 0.2) is 0 Å². The Kier molecular flexibility index (Phi) is 5.70. The molecule has 1 heterocycles. The molecular weight excluding hydrogens is 266 g/mol. The van der Waals surface area contributed by atoms with Gasteiger partial charge in [-0.25, -0.2) is 9.97 Å². The number of benzene rings is 1. The van der Waals surface area contributed by atoms with E-state index in [0.29, 0.717) is 26.0 Å². The van der Waals surface area contributed by atoms with Crippen molar-refractivity contribution in [3.63, 3.8) is 0 Å². The molecular formula is C16H19N3O2. The molecule has 0 fully saturated rings. The molecule has 21 heavy (non-hydrogen) atoms. The first-order valence-electron chi connectivity index (χ1n) is 6.95. The number of aromatic nitrogens is 2. The van der Waals surface area contributed by atoms with Crippen LogP contribution in [0.1, 0.15) is 24.1 Å². The van der Waals surface area contributed by atoms with Crippen molar-refractivity contribution in [3.8, 4) is 5.75 Å². The maximum Gasteiger partial charge on any atom is 0.220 e. The summed E-state index contributed by atoms with van der Waals surface area (Å²) in [4.78, 5) is 19.5. The molecule has 1 aromatic carbocycles. The number of amides is 1. The van der Waals surface area contributed by atoms with E-state index in [1.165, 1.54) is 6.33 Å². The molecule has 0 unspecified atom stereocenters. The van der Waals surface area contributed by atoms with Crippen molar-refractivity contribution in [1.82, 2.24) is 15.3 Å². The van der Waals surface area contributed by atoms with Crippen LogP contribution in [-0.2, 0) is 11.3 Å². The first-order chi connectivity index (χ1) is 10.2. The van der Waals surface area contributed by atoms with E-state index in [9.17, 15) is 4.79 Å². The highest BCUT2D eigenvalue weighted by Crippen LogP contribution is 2.12. The van der Waals surface area contributed by atoms with E-state index in [2.05, 4.69) is 15.3 Å². The van der Waals surface area contributed by atoms with Gasteiger partial charge in [0.1, 0.15) is 12.1 Å². The van der Waals surface area contributed by atoms with Gasteiger partial charge in [-0.3, -0.25) is 4.79 Å². The highest BCUT2D eigenvalue weighted by molar-refractivity contribution is 5.75. The molecule has 2 aromatic rings. The molecule has 1 N–H and O–H groups in total. The molecule has 2 rings (SSSR count). The summed E-state index contributed by atoms with van der Waals surface area (Å²) in [7, 11) is 0. The van der Waals surface area contributed by atoms with Crippen LogP contribution < -0.4 is 10.1 Å². The third kappa shape index (κ3) is 5.60. The highest BCUT2D eigenvalue weighted by atomic mass is 16.5. The zero-order valence-electron chi connectivity index (χ0n) is 12.1. The van der Waals surface area contributed by atoms with Gasteiger partial charge >= 0.3 is 0 Å². The van der Waals surface area contributed by atoms with E-state index in [-0.39, 0.29) is 5.91 Å². The van der Waals surface area contributed by atoms with E-state index in [1.54, 1.807) is 12.3 Å². The SMILES string of the molecule is Cc1cccc(OCCCC(=O)NCc2ccncn2)c1. The van der Waals surface area contributed by atoms with Crippen LogP contribution in [0.25, 0.3) is 0 Å². The fourth-order valence-electron chi connectivity index (χ4n) is 1.83. The molecule has 0 aliphatic carbocycles. The quantitative estimate of drug-likeness (QED) is 0.793. The molecule has 0 radical (unpaired) electrons. The highest BCUT2D eigenvalue weighted by Gasteiger charge is 2.02. The van der Waals surface area contributed by atoms with Crippen molar-refractivity contribution >= 4 is 5.91 Å². The van der Waals surface area contributed by atoms with Crippen LogP contribution in [0.4, 0.5) is 0 Å². The van der Waals surface area contributed by atoms with Gasteiger partial charge in [0, 0.05) is 12.6 Å². The van der Waals surface area contributed by atoms with Gasteiger partial charge in [0.2, 0.25) is 5.91 Å². The van der Waals surface area contributed by atoms with Gasteiger partial charge in [-0.2, -0.15) is 0 Å². The summed E-state index contributed by atoms with van der Waals surface area (Å²) in [6, 6.07) is 9.66. The van der Waals surface area contributed by atoms with Crippen molar-refractivity contribution in [3.05, 3.63) is 54.1 Å². The largest absolute Gasteiger partial charge is 0.494 e. The van der Waals surface area contributed by atoms with Crippen molar-refractivity contribution in [1.29, 1.82) is 0 Å². The lowest BCUT2D eigenvalue weighted by Gasteiger charge is -2.07. The Hall–Kier alpha value is -2.43. The lowest BCUT2D eigenvalue weighted by molar-refractivity contribution is -0.121. The zero-order valence-corrected chi connectivity index (χ0v) is 12.1. The number of aryl methyl sites for hydroxylation is 1. The third-order valence-corrected chi connectivity index (χ3v) is 2.92. The topological polar surface area (TPSA) is 64.1 Å². The minimum Gasteiger partial charge on any atom is -0.494 e. The van der Waals surface area contributed by atoms with E-state index in [1.807, 2.05) is 31.2 Å². The Balaban J connectivity index is 1.61. The number of hydrogen-bond acceptors (Lipinski definition) is 4. The second-order valence-electron chi connectivity index (χ2n) is 4.75. The van der Waals surface area contributed by atoms with Crippen molar-refractivity contribution in [2.24, 2.45) is 0 Å². The zero-order chi connectivity index (χ0) is 14.9. The predicted octanol–water partition coefficient (Wildman–Crippen LogP) is 2.26. The number of carbonyl (C=O) groups is 1. The Labute approximate surface area is 124 Å². The van der Waals surface area contributed by atoms with Crippen LogP contribution in [0, 0.1) is 6.92 Å². The lowest BCUT2D eigenvalue weighted by atomic mass is 10.2. The Morgan fingerprint density at radius 1 is 1.33 bits per heavy atom. The number of rotatable bonds is 7. The van der Waals surface area contributed by atoms with Crippen LogP contribution >= 0.6 is 0 Å². The summed E-state index contributed by atoms with van der Waals surface area (Å²) in [5.41, 5.74) is 1.96. The minimum atomic E-state index is 0.00135. The van der Waals surface area contributed by atoms with Crippen molar-refractivity contribution in [2.75, 3.05) is 6.61 Å². The normalized spacial score (nSPS) is 10.1. The number of hydrogen-bond donors (Lipinski definition) is 1. The molecule has 5 nitrogen and oxygen atoms in total. The third-order valence-electron chi connectivity index (χ3n) is 2.92. The van der Waals surface area contributed by atoms with Gasteiger partial charge in [-0.05, 0) is 37.1 Å². The Bertz CT molecular complexity index is 573. The van der Waals surface area contributed by atoms with Gasteiger partial charge < -0.3 is 10.1 Å². The molecule has 0 aliphatic heterocycles. The van der Waals surface area contributed by atoms with Gasteiger partial charge in [-0.15, -0.1) is 0 Å². The Morgan fingerprint density at radius 3 is 3.00 bits per heavy atom. The van der Waals surface area contributed by atoms with Crippen LogP contribution in [0.15, 0.2) is 42.9 Å². The summed E-state index contributed by atoms with van der Waals surface area (Å²) in [6.45, 7) is 2.98. The van der Waals surface area contributed by atoms with Crippen LogP contribution in [0.3, 0.4) is 0 Å². The summed E-state index contributed by atoms with van der Waals surface area (Å²) in [5, 5.41) is 2.82. The van der Waals surface area contributed by atoms with Gasteiger partial charge in [0.25, 0.3) is 0 Å². The molecule has 0 saturated heterocycles. The molecule has 1 aromatic heterocycles. The van der Waals surface area contributed by atoms with E-state index >= 15 is 0 Å². The minimum absolute atomic E-state index is 0.00135. The standard InChI is InChI=1S/C16H19N3O2/c1-13-4-2-5-15(10-13)21-9-3-6-16(20)18-11-14-7-8-17-12-19-14/h2,4-5,7-8,10,12H,3,6,9,11H2,1H3,(H,18,20). The lowest BCUT2D eigenvalue weighted by Crippen LogP contribution is -2.23. The summed E-state index contributed by atoms with van der Waals surface area (Å²) >= 11 is 0. The fourth-order valence-corrected chi connectivity index (χ4v) is 1.83. The second kappa shape index (κ2) is 7.99. The predicted molar refractivity (Wildman–Crippen MR) is 79.8 cm³/mol. The average Bonchev–Trinajstić information content (AvgIpc) is 2.51. The van der Waals surface area contributed by atoms with Gasteiger partial charge in [-0.1, -0.05) is 12.1 Å². The molecule has 0 saturated carbocycles. The molecule has 0 bridgehead atoms. The Morgan fingerprint density at radius 2 is 2.24 bits per heavy atom. The average molecular weight is 285 g/mol. The van der Waals surface area contributed by atoms with Crippen molar-refractivity contribution in [2.45, 2.75) is 26.3 Å². The summed E-state index contributed by atoms with van der Waals surface area (Å²) < 4.78 is 5.60. The number of nitrogens with one attached hydrogen (secondary N) is 1. The molecule has 5 heteroatoms. The first-order valence-corrected chi connectivity index (χ1v) is 6.95. The molecule has 110 valence electrons. The molecule has 0 atom stereocenters. The van der Waals surface area contributed by atoms with E-state index in [4.69, 9.17) is 4.74 Å². The van der Waals surface area contributed by atoms with Crippen LogP contribution in [0.2, 0.25) is 0 Å². The summed E-state index contributed by atoms with van der Waals surface area (Å²) in [5.74, 6) is 0.845. The van der Waals surface area contributed by atoms with Crippen LogP contribution in [-0.4, -0.2) is 22.5 Å². The van der Waals surface area contributed by atoms with E-state index in [0.717, 1.165) is 17.0 Å². The maximum absolute atomic E-state index is 11.7. The van der Waals surface area contributed by atoms with Crippen molar-refractivity contribution < 1.29 is 9.53 Å². The number of carbonyl (C=O) groups excluding carboxylic acids is 1. The smallest absolute Gasteiger partial charge is 0.220 e.